The van der Waals surface area contributed by atoms with Gasteiger partial charge in [0.15, 0.2) is 5.96 Å². The molecule has 1 fully saturated rings. The van der Waals surface area contributed by atoms with Crippen molar-refractivity contribution in [3.63, 3.8) is 0 Å². The van der Waals surface area contributed by atoms with Gasteiger partial charge in [-0.15, -0.1) is 24.0 Å². The molecule has 0 radical (unpaired) electrons. The van der Waals surface area contributed by atoms with Gasteiger partial charge in [-0.2, -0.15) is 0 Å². The number of nitrogens with zero attached hydrogens (tertiary/aromatic N) is 2. The van der Waals surface area contributed by atoms with E-state index >= 15 is 0 Å². The van der Waals surface area contributed by atoms with E-state index in [4.69, 9.17) is 4.74 Å². The Labute approximate surface area is 151 Å². The van der Waals surface area contributed by atoms with Crippen molar-refractivity contribution in [2.75, 3.05) is 46.9 Å². The molecule has 6 nitrogen and oxygen atoms in total. The number of halogens is 1. The molecule has 0 aromatic rings. The summed E-state index contributed by atoms with van der Waals surface area (Å²) < 4.78 is 5.39. The van der Waals surface area contributed by atoms with Crippen LogP contribution in [0.2, 0.25) is 0 Å². The molecular formula is C15H31IN4O2. The van der Waals surface area contributed by atoms with E-state index in [0.717, 1.165) is 32.1 Å². The molecule has 7 heteroatoms. The summed E-state index contributed by atoms with van der Waals surface area (Å²) in [6, 6.07) is 0. The SMILES string of the molecule is CN=C(NCCNC(=O)C(C)(C)C)N(C)CC1CCOC1.I. The number of guanidine groups is 1. The van der Waals surface area contributed by atoms with E-state index in [-0.39, 0.29) is 35.3 Å². The second-order valence-electron chi connectivity index (χ2n) is 6.59. The molecule has 1 unspecified atom stereocenters. The number of carbonyl (C=O) groups excluding carboxylic acids is 1. The Morgan fingerprint density at radius 1 is 1.32 bits per heavy atom. The normalized spacial score (nSPS) is 18.6. The van der Waals surface area contributed by atoms with E-state index in [1.165, 1.54) is 0 Å². The van der Waals surface area contributed by atoms with Gasteiger partial charge in [-0.05, 0) is 6.42 Å². The minimum atomic E-state index is -0.346. The number of nitrogens with one attached hydrogen (secondary N) is 2. The molecule has 1 heterocycles. The molecule has 0 aromatic carbocycles. The first-order valence-electron chi connectivity index (χ1n) is 7.62. The molecule has 1 saturated heterocycles. The zero-order valence-electron chi connectivity index (χ0n) is 14.4. The van der Waals surface area contributed by atoms with E-state index in [0.29, 0.717) is 19.0 Å². The highest BCUT2D eigenvalue weighted by molar-refractivity contribution is 14.0. The summed E-state index contributed by atoms with van der Waals surface area (Å²) >= 11 is 0. The van der Waals surface area contributed by atoms with Gasteiger partial charge in [0.25, 0.3) is 0 Å². The van der Waals surface area contributed by atoms with Crippen LogP contribution in [0.3, 0.4) is 0 Å². The third kappa shape index (κ3) is 7.62. The fourth-order valence-corrected chi connectivity index (χ4v) is 2.20. The summed E-state index contributed by atoms with van der Waals surface area (Å²) in [5.74, 6) is 1.50. The van der Waals surface area contributed by atoms with E-state index in [9.17, 15) is 4.79 Å². The summed E-state index contributed by atoms with van der Waals surface area (Å²) in [6.07, 6.45) is 1.11. The summed E-state index contributed by atoms with van der Waals surface area (Å²) in [4.78, 5) is 18.1. The largest absolute Gasteiger partial charge is 0.381 e. The Bertz CT molecular complexity index is 363. The lowest BCUT2D eigenvalue weighted by Crippen LogP contribution is -2.45. The Morgan fingerprint density at radius 2 is 1.95 bits per heavy atom. The van der Waals surface area contributed by atoms with E-state index in [2.05, 4.69) is 20.5 Å². The number of ether oxygens (including phenoxy) is 1. The van der Waals surface area contributed by atoms with Gasteiger partial charge >= 0.3 is 0 Å². The molecule has 130 valence electrons. The Morgan fingerprint density at radius 3 is 2.45 bits per heavy atom. The molecule has 1 aliphatic rings. The van der Waals surface area contributed by atoms with E-state index in [1.54, 1.807) is 7.05 Å². The minimum absolute atomic E-state index is 0. The van der Waals surface area contributed by atoms with Crippen LogP contribution in [0.15, 0.2) is 4.99 Å². The van der Waals surface area contributed by atoms with Crippen LogP contribution in [0.25, 0.3) is 0 Å². The average Bonchev–Trinajstić information content (AvgIpc) is 2.90. The maximum Gasteiger partial charge on any atom is 0.225 e. The molecule has 0 spiro atoms. The number of hydrogen-bond acceptors (Lipinski definition) is 3. The first-order valence-corrected chi connectivity index (χ1v) is 7.62. The molecule has 0 aromatic heterocycles. The second-order valence-corrected chi connectivity index (χ2v) is 6.59. The Balaban J connectivity index is 0.00000441. The zero-order chi connectivity index (χ0) is 15.9. The van der Waals surface area contributed by atoms with Crippen LogP contribution in [0, 0.1) is 11.3 Å². The fraction of sp³-hybridized carbons (Fsp3) is 0.867. The van der Waals surface area contributed by atoms with Crippen LogP contribution in [0.5, 0.6) is 0 Å². The molecule has 0 aliphatic carbocycles. The van der Waals surface area contributed by atoms with Crippen molar-refractivity contribution in [1.29, 1.82) is 0 Å². The summed E-state index contributed by atoms with van der Waals surface area (Å²) in [5.41, 5.74) is -0.346. The van der Waals surface area contributed by atoms with Gasteiger partial charge < -0.3 is 20.3 Å². The first kappa shape index (κ1) is 21.4. The van der Waals surface area contributed by atoms with Crippen LogP contribution in [0.1, 0.15) is 27.2 Å². The van der Waals surface area contributed by atoms with Crippen molar-refractivity contribution in [2.45, 2.75) is 27.2 Å². The number of hydrogen-bond donors (Lipinski definition) is 2. The number of amides is 1. The third-order valence-electron chi connectivity index (χ3n) is 3.50. The maximum absolute atomic E-state index is 11.7. The predicted octanol–water partition coefficient (Wildman–Crippen LogP) is 1.31. The fourth-order valence-electron chi connectivity index (χ4n) is 2.20. The van der Waals surface area contributed by atoms with Gasteiger partial charge in [0.05, 0.1) is 6.61 Å². The highest BCUT2D eigenvalue weighted by Gasteiger charge is 2.21. The van der Waals surface area contributed by atoms with E-state index in [1.807, 2.05) is 27.8 Å². The van der Waals surface area contributed by atoms with Gasteiger partial charge in [0, 0.05) is 51.7 Å². The van der Waals surface area contributed by atoms with Crippen molar-refractivity contribution in [2.24, 2.45) is 16.3 Å². The topological polar surface area (TPSA) is 66.0 Å². The predicted molar refractivity (Wildman–Crippen MR) is 101 cm³/mol. The first-order chi connectivity index (χ1) is 9.84. The molecule has 1 aliphatic heterocycles. The highest BCUT2D eigenvalue weighted by atomic mass is 127. The van der Waals surface area contributed by atoms with Gasteiger partial charge in [0.1, 0.15) is 0 Å². The minimum Gasteiger partial charge on any atom is -0.381 e. The smallest absolute Gasteiger partial charge is 0.225 e. The van der Waals surface area contributed by atoms with Gasteiger partial charge in [-0.1, -0.05) is 20.8 Å². The quantitative estimate of drug-likeness (QED) is 0.301. The number of aliphatic imine (C=N–C) groups is 1. The molecule has 1 atom stereocenters. The standard InChI is InChI=1S/C15H30N4O2.HI/c1-15(2,3)13(20)17-7-8-18-14(16-4)19(5)10-12-6-9-21-11-12;/h12H,6-11H2,1-5H3,(H,16,18)(H,17,20);1H. The molecule has 1 rings (SSSR count). The zero-order valence-corrected chi connectivity index (χ0v) is 16.8. The van der Waals surface area contributed by atoms with Crippen molar-refractivity contribution >= 4 is 35.8 Å². The molecule has 1 amide bonds. The van der Waals surface area contributed by atoms with Gasteiger partial charge in [-0.3, -0.25) is 9.79 Å². The second kappa shape index (κ2) is 10.3. The van der Waals surface area contributed by atoms with Crippen LogP contribution in [-0.2, 0) is 9.53 Å². The van der Waals surface area contributed by atoms with E-state index < -0.39 is 0 Å². The molecular weight excluding hydrogens is 395 g/mol. The Hall–Kier alpha value is -0.570. The van der Waals surface area contributed by atoms with Gasteiger partial charge in [0.2, 0.25) is 5.91 Å². The lowest BCUT2D eigenvalue weighted by Gasteiger charge is -2.25. The number of carbonyl (C=O) groups is 1. The van der Waals surface area contributed by atoms with Crippen molar-refractivity contribution in [1.82, 2.24) is 15.5 Å². The summed E-state index contributed by atoms with van der Waals surface area (Å²) in [5, 5.41) is 6.19. The third-order valence-corrected chi connectivity index (χ3v) is 3.50. The molecule has 0 bridgehead atoms. The summed E-state index contributed by atoms with van der Waals surface area (Å²) in [6.45, 7) is 9.63. The monoisotopic (exact) mass is 426 g/mol. The molecule has 2 N–H and O–H groups in total. The van der Waals surface area contributed by atoms with Crippen LogP contribution >= 0.6 is 24.0 Å². The summed E-state index contributed by atoms with van der Waals surface area (Å²) in [7, 11) is 3.80. The van der Waals surface area contributed by atoms with Crippen molar-refractivity contribution in [3.05, 3.63) is 0 Å². The lowest BCUT2D eigenvalue weighted by molar-refractivity contribution is -0.128. The van der Waals surface area contributed by atoms with Crippen LogP contribution in [0.4, 0.5) is 0 Å². The lowest BCUT2D eigenvalue weighted by atomic mass is 9.96. The number of rotatable bonds is 5. The average molecular weight is 426 g/mol. The van der Waals surface area contributed by atoms with Crippen LogP contribution in [-0.4, -0.2) is 63.7 Å². The Kier molecular flexibility index (Phi) is 9.99. The van der Waals surface area contributed by atoms with Gasteiger partial charge in [-0.25, -0.2) is 0 Å². The highest BCUT2D eigenvalue weighted by Crippen LogP contribution is 2.13. The van der Waals surface area contributed by atoms with Crippen LogP contribution < -0.4 is 10.6 Å². The molecule has 0 saturated carbocycles. The van der Waals surface area contributed by atoms with Crippen molar-refractivity contribution < 1.29 is 9.53 Å². The maximum atomic E-state index is 11.7. The van der Waals surface area contributed by atoms with Crippen molar-refractivity contribution in [3.8, 4) is 0 Å². The molecule has 22 heavy (non-hydrogen) atoms.